The zero-order valence-corrected chi connectivity index (χ0v) is 9.93. The second-order valence-corrected chi connectivity index (χ2v) is 4.29. The molecule has 0 aliphatic carbocycles. The summed E-state index contributed by atoms with van der Waals surface area (Å²) in [7, 11) is 1.66. The van der Waals surface area contributed by atoms with Gasteiger partial charge in [0.25, 0.3) is 0 Å². The highest BCUT2D eigenvalue weighted by Crippen LogP contribution is 2.19. The number of benzene rings is 1. The maximum absolute atomic E-state index is 5.60. The maximum Gasteiger partial charge on any atom is 0.216 e. The third-order valence-electron chi connectivity index (χ3n) is 2.78. The second kappa shape index (κ2) is 4.56. The molecule has 3 nitrogen and oxygen atoms in total. The smallest absolute Gasteiger partial charge is 0.216 e. The topological polar surface area (TPSA) is 30.8 Å². The number of aliphatic imine (C=N–C) groups is 1. The Kier molecular flexibility index (Phi) is 3.13. The van der Waals surface area contributed by atoms with Gasteiger partial charge >= 0.3 is 0 Å². The van der Waals surface area contributed by atoms with Gasteiger partial charge < -0.3 is 9.47 Å². The second-order valence-electron chi connectivity index (χ2n) is 4.29. The highest BCUT2D eigenvalue weighted by molar-refractivity contribution is 5.95. The summed E-state index contributed by atoms with van der Waals surface area (Å²) >= 11 is 0. The first-order valence-electron chi connectivity index (χ1n) is 5.55. The summed E-state index contributed by atoms with van der Waals surface area (Å²) in [4.78, 5) is 4.57. The van der Waals surface area contributed by atoms with Gasteiger partial charge in [0, 0.05) is 5.56 Å². The van der Waals surface area contributed by atoms with E-state index in [2.05, 4.69) is 18.8 Å². The molecule has 0 fully saturated rings. The number of hydrogen-bond donors (Lipinski definition) is 0. The van der Waals surface area contributed by atoms with E-state index in [0.29, 0.717) is 12.5 Å². The summed E-state index contributed by atoms with van der Waals surface area (Å²) in [5, 5.41) is 0. The molecule has 0 saturated carbocycles. The summed E-state index contributed by atoms with van der Waals surface area (Å²) < 4.78 is 10.7. The van der Waals surface area contributed by atoms with Gasteiger partial charge in [-0.05, 0) is 30.2 Å². The van der Waals surface area contributed by atoms with Crippen LogP contribution in [0.4, 0.5) is 0 Å². The molecule has 1 aliphatic rings. The van der Waals surface area contributed by atoms with Crippen molar-refractivity contribution < 1.29 is 9.47 Å². The van der Waals surface area contributed by atoms with Crippen molar-refractivity contribution in [2.45, 2.75) is 19.9 Å². The Morgan fingerprint density at radius 1 is 1.31 bits per heavy atom. The van der Waals surface area contributed by atoms with Crippen LogP contribution in [0.15, 0.2) is 29.3 Å². The van der Waals surface area contributed by atoms with Gasteiger partial charge in [-0.2, -0.15) is 0 Å². The molecule has 0 saturated heterocycles. The third kappa shape index (κ3) is 2.18. The number of rotatable bonds is 3. The lowest BCUT2D eigenvalue weighted by Gasteiger charge is -2.06. The van der Waals surface area contributed by atoms with Crippen LogP contribution in [0.1, 0.15) is 19.4 Å². The minimum atomic E-state index is 0.289. The number of hydrogen-bond acceptors (Lipinski definition) is 3. The molecule has 2 rings (SSSR count). The van der Waals surface area contributed by atoms with Gasteiger partial charge in [0.05, 0.1) is 13.2 Å². The van der Waals surface area contributed by atoms with Crippen molar-refractivity contribution in [2.75, 3.05) is 13.7 Å². The molecule has 3 heteroatoms. The fourth-order valence-electron chi connectivity index (χ4n) is 1.62. The van der Waals surface area contributed by atoms with E-state index in [1.165, 1.54) is 0 Å². The van der Waals surface area contributed by atoms with Gasteiger partial charge in [0.15, 0.2) is 0 Å². The average Bonchev–Trinajstić information content (AvgIpc) is 2.78. The summed E-state index contributed by atoms with van der Waals surface area (Å²) in [6, 6.07) is 8.08. The number of nitrogens with zero attached hydrogens (tertiary/aromatic N) is 1. The van der Waals surface area contributed by atoms with E-state index < -0.39 is 0 Å². The van der Waals surface area contributed by atoms with Crippen molar-refractivity contribution in [2.24, 2.45) is 10.9 Å². The Morgan fingerprint density at radius 3 is 2.50 bits per heavy atom. The molecule has 0 spiro atoms. The molecule has 0 radical (unpaired) electrons. The lowest BCUT2D eigenvalue weighted by atomic mass is 10.1. The quantitative estimate of drug-likeness (QED) is 0.782. The predicted octanol–water partition coefficient (Wildman–Crippen LogP) is 2.50. The van der Waals surface area contributed by atoms with E-state index in [0.717, 1.165) is 17.2 Å². The Balaban J connectivity index is 2.16. The first-order valence-corrected chi connectivity index (χ1v) is 5.55. The highest BCUT2D eigenvalue weighted by atomic mass is 16.5. The average molecular weight is 219 g/mol. The Hall–Kier alpha value is -1.51. The van der Waals surface area contributed by atoms with Gasteiger partial charge in [-0.1, -0.05) is 13.8 Å². The fraction of sp³-hybridized carbons (Fsp3) is 0.462. The molecule has 16 heavy (non-hydrogen) atoms. The Bertz CT molecular complexity index is 381. The summed E-state index contributed by atoms with van der Waals surface area (Å²) in [6.07, 6.45) is 0. The van der Waals surface area contributed by atoms with Crippen molar-refractivity contribution in [3.05, 3.63) is 29.8 Å². The first-order chi connectivity index (χ1) is 7.70. The zero-order chi connectivity index (χ0) is 11.5. The maximum atomic E-state index is 5.60. The molecule has 1 aromatic carbocycles. The molecule has 0 bridgehead atoms. The molecule has 0 N–H and O–H groups in total. The van der Waals surface area contributed by atoms with Crippen LogP contribution in [-0.4, -0.2) is 25.7 Å². The standard InChI is InChI=1S/C13H17NO2/c1-9(2)12-8-16-13(14-12)10-4-6-11(15-3)7-5-10/h4-7,9,12H,8H2,1-3H3/t12-/m1/s1. The molecule has 0 aromatic heterocycles. The third-order valence-corrected chi connectivity index (χ3v) is 2.78. The van der Waals surface area contributed by atoms with Crippen LogP contribution in [0.3, 0.4) is 0 Å². The Morgan fingerprint density at radius 2 is 2.00 bits per heavy atom. The van der Waals surface area contributed by atoms with Crippen LogP contribution in [0.25, 0.3) is 0 Å². The van der Waals surface area contributed by atoms with E-state index >= 15 is 0 Å². The van der Waals surface area contributed by atoms with Crippen molar-refractivity contribution in [3.8, 4) is 5.75 Å². The lowest BCUT2D eigenvalue weighted by molar-refractivity contribution is 0.292. The number of ether oxygens (including phenoxy) is 2. The highest BCUT2D eigenvalue weighted by Gasteiger charge is 2.22. The molecular formula is C13H17NO2. The van der Waals surface area contributed by atoms with Crippen LogP contribution < -0.4 is 4.74 Å². The van der Waals surface area contributed by atoms with Crippen LogP contribution >= 0.6 is 0 Å². The van der Waals surface area contributed by atoms with Crippen molar-refractivity contribution in [3.63, 3.8) is 0 Å². The largest absolute Gasteiger partial charge is 0.497 e. The summed E-state index contributed by atoms with van der Waals surface area (Å²) in [5.74, 6) is 2.12. The van der Waals surface area contributed by atoms with Crippen LogP contribution in [0.5, 0.6) is 5.75 Å². The minimum absolute atomic E-state index is 0.289. The van der Waals surface area contributed by atoms with E-state index in [1.54, 1.807) is 7.11 Å². The monoisotopic (exact) mass is 219 g/mol. The van der Waals surface area contributed by atoms with E-state index in [9.17, 15) is 0 Å². The zero-order valence-electron chi connectivity index (χ0n) is 9.93. The van der Waals surface area contributed by atoms with Crippen molar-refractivity contribution in [1.29, 1.82) is 0 Å². The van der Waals surface area contributed by atoms with Gasteiger partial charge in [-0.25, -0.2) is 4.99 Å². The SMILES string of the molecule is COc1ccc(C2=N[C@@H](C(C)C)CO2)cc1. The van der Waals surface area contributed by atoms with Crippen molar-refractivity contribution >= 4 is 5.90 Å². The van der Waals surface area contributed by atoms with Crippen LogP contribution in [0, 0.1) is 5.92 Å². The van der Waals surface area contributed by atoms with Gasteiger partial charge in [-0.3, -0.25) is 0 Å². The van der Waals surface area contributed by atoms with E-state index in [1.807, 2.05) is 24.3 Å². The summed E-state index contributed by atoms with van der Waals surface area (Å²) in [6.45, 7) is 5.02. The lowest BCUT2D eigenvalue weighted by Crippen LogP contribution is -2.13. The van der Waals surface area contributed by atoms with Gasteiger partial charge in [0.2, 0.25) is 5.90 Å². The predicted molar refractivity (Wildman–Crippen MR) is 64.1 cm³/mol. The molecule has 1 heterocycles. The molecule has 0 unspecified atom stereocenters. The Labute approximate surface area is 96.1 Å². The van der Waals surface area contributed by atoms with E-state index in [4.69, 9.17) is 9.47 Å². The number of methoxy groups -OCH3 is 1. The van der Waals surface area contributed by atoms with Gasteiger partial charge in [0.1, 0.15) is 12.4 Å². The van der Waals surface area contributed by atoms with Crippen LogP contribution in [0.2, 0.25) is 0 Å². The summed E-state index contributed by atoms with van der Waals surface area (Å²) in [5.41, 5.74) is 1.02. The molecular weight excluding hydrogens is 202 g/mol. The molecule has 0 amide bonds. The molecule has 1 atom stereocenters. The first kappa shape index (κ1) is 11.0. The van der Waals surface area contributed by atoms with Gasteiger partial charge in [-0.15, -0.1) is 0 Å². The molecule has 1 aromatic rings. The van der Waals surface area contributed by atoms with E-state index in [-0.39, 0.29) is 6.04 Å². The normalized spacial score (nSPS) is 19.5. The fourth-order valence-corrected chi connectivity index (χ4v) is 1.62. The molecule has 86 valence electrons. The van der Waals surface area contributed by atoms with Crippen LogP contribution in [-0.2, 0) is 4.74 Å². The molecule has 1 aliphatic heterocycles. The minimum Gasteiger partial charge on any atom is -0.497 e. The van der Waals surface area contributed by atoms with Crippen molar-refractivity contribution in [1.82, 2.24) is 0 Å².